The summed E-state index contributed by atoms with van der Waals surface area (Å²) in [5.41, 5.74) is 8.04. The van der Waals surface area contributed by atoms with Crippen molar-refractivity contribution in [2.75, 3.05) is 12.3 Å². The molecular formula is C15H20N4O2. The number of anilines is 1. The van der Waals surface area contributed by atoms with Gasteiger partial charge in [-0.3, -0.25) is 0 Å². The first-order valence-corrected chi connectivity index (χ1v) is 6.99. The number of pyridine rings is 1. The van der Waals surface area contributed by atoms with Crippen LogP contribution in [0.1, 0.15) is 35.8 Å². The summed E-state index contributed by atoms with van der Waals surface area (Å²) in [6.45, 7) is 8.31. The van der Waals surface area contributed by atoms with E-state index in [2.05, 4.69) is 23.6 Å². The van der Waals surface area contributed by atoms with Gasteiger partial charge in [0.15, 0.2) is 5.65 Å². The van der Waals surface area contributed by atoms with Gasteiger partial charge in [-0.25, -0.2) is 14.5 Å². The Morgan fingerprint density at radius 3 is 3.00 bits per heavy atom. The van der Waals surface area contributed by atoms with Crippen molar-refractivity contribution >= 4 is 22.7 Å². The highest BCUT2D eigenvalue weighted by Gasteiger charge is 2.20. The molecule has 0 bridgehead atoms. The molecule has 112 valence electrons. The van der Waals surface area contributed by atoms with Crippen LogP contribution in [0.3, 0.4) is 0 Å². The summed E-state index contributed by atoms with van der Waals surface area (Å²) < 4.78 is 6.88. The highest BCUT2D eigenvalue weighted by atomic mass is 16.5. The number of carbonyl (C=O) groups excluding carboxylic acids is 1. The lowest BCUT2D eigenvalue weighted by Gasteiger charge is -2.10. The first-order chi connectivity index (χ1) is 10.1. The molecule has 0 saturated heterocycles. The minimum absolute atomic E-state index is 0.144. The summed E-state index contributed by atoms with van der Waals surface area (Å²) in [6.07, 6.45) is 5.25. The Hall–Kier alpha value is -2.37. The molecular weight excluding hydrogens is 268 g/mol. The molecule has 2 aromatic rings. The van der Waals surface area contributed by atoms with Crippen molar-refractivity contribution in [2.45, 2.75) is 33.2 Å². The lowest BCUT2D eigenvalue weighted by atomic mass is 10.1. The lowest BCUT2D eigenvalue weighted by molar-refractivity contribution is 0.0550. The van der Waals surface area contributed by atoms with Crippen molar-refractivity contribution in [3.05, 3.63) is 30.1 Å². The molecule has 6 heteroatoms. The smallest absolute Gasteiger partial charge is 0.342 e. The Kier molecular flexibility index (Phi) is 4.57. The quantitative estimate of drug-likeness (QED) is 0.652. The molecule has 0 unspecified atom stereocenters. The molecule has 2 heterocycles. The summed E-state index contributed by atoms with van der Waals surface area (Å²) in [7, 11) is 0. The molecule has 2 N–H and O–H groups in total. The monoisotopic (exact) mass is 288 g/mol. The van der Waals surface area contributed by atoms with Crippen molar-refractivity contribution in [2.24, 2.45) is 0 Å². The molecule has 0 radical (unpaired) electrons. The van der Waals surface area contributed by atoms with Crippen molar-refractivity contribution in [1.29, 1.82) is 0 Å². The van der Waals surface area contributed by atoms with Crippen LogP contribution in [0.15, 0.2) is 18.9 Å². The van der Waals surface area contributed by atoms with Gasteiger partial charge in [-0.05, 0) is 13.3 Å². The van der Waals surface area contributed by atoms with Gasteiger partial charge in [0.25, 0.3) is 0 Å². The van der Waals surface area contributed by atoms with Crippen molar-refractivity contribution in [1.82, 2.24) is 14.8 Å². The van der Waals surface area contributed by atoms with Crippen LogP contribution in [0.4, 0.5) is 5.69 Å². The molecule has 0 fully saturated rings. The fourth-order valence-corrected chi connectivity index (χ4v) is 2.17. The zero-order chi connectivity index (χ0) is 15.4. The van der Waals surface area contributed by atoms with E-state index in [1.807, 2.05) is 4.68 Å². The molecule has 21 heavy (non-hydrogen) atoms. The Morgan fingerprint density at radius 2 is 2.33 bits per heavy atom. The van der Waals surface area contributed by atoms with E-state index in [0.29, 0.717) is 28.0 Å². The van der Waals surface area contributed by atoms with Crippen LogP contribution >= 0.6 is 0 Å². The minimum atomic E-state index is -0.486. The highest BCUT2D eigenvalue weighted by molar-refractivity contribution is 6.04. The van der Waals surface area contributed by atoms with Gasteiger partial charge in [0.1, 0.15) is 12.2 Å². The SMILES string of the molecule is C=CCOC(=O)c1c(C)nc2c(cnn2CCCC)c1N. The lowest BCUT2D eigenvalue weighted by Crippen LogP contribution is -2.12. The number of rotatable bonds is 6. The maximum atomic E-state index is 12.1. The molecule has 0 aliphatic rings. The van der Waals surface area contributed by atoms with Gasteiger partial charge in [0.2, 0.25) is 0 Å². The maximum Gasteiger partial charge on any atom is 0.342 e. The first kappa shape index (κ1) is 15.0. The fourth-order valence-electron chi connectivity index (χ4n) is 2.17. The van der Waals surface area contributed by atoms with Crippen LogP contribution in [0, 0.1) is 6.92 Å². The number of carbonyl (C=O) groups is 1. The number of nitrogens with two attached hydrogens (primary N) is 1. The molecule has 0 spiro atoms. The third kappa shape index (κ3) is 2.89. The predicted octanol–water partition coefficient (Wildman–Crippen LogP) is 2.46. The van der Waals surface area contributed by atoms with Gasteiger partial charge < -0.3 is 10.5 Å². The number of hydrogen-bond donors (Lipinski definition) is 1. The van der Waals surface area contributed by atoms with Gasteiger partial charge in [-0.2, -0.15) is 5.10 Å². The molecule has 0 aliphatic carbocycles. The van der Waals surface area contributed by atoms with Gasteiger partial charge in [-0.1, -0.05) is 26.0 Å². The third-order valence-electron chi connectivity index (χ3n) is 3.27. The average Bonchev–Trinajstić information content (AvgIpc) is 2.86. The van der Waals surface area contributed by atoms with Crippen molar-refractivity contribution < 1.29 is 9.53 Å². The van der Waals surface area contributed by atoms with E-state index in [-0.39, 0.29) is 6.61 Å². The Bertz CT molecular complexity index is 676. The number of hydrogen-bond acceptors (Lipinski definition) is 5. The summed E-state index contributed by atoms with van der Waals surface area (Å²) in [5.74, 6) is -0.486. The topological polar surface area (TPSA) is 83.0 Å². The van der Waals surface area contributed by atoms with E-state index in [1.165, 1.54) is 6.08 Å². The molecule has 0 saturated carbocycles. The number of fused-ring (bicyclic) bond motifs is 1. The van der Waals surface area contributed by atoms with Crippen LogP contribution in [0.5, 0.6) is 0 Å². The summed E-state index contributed by atoms with van der Waals surface area (Å²) in [6, 6.07) is 0. The Balaban J connectivity index is 2.46. The van der Waals surface area contributed by atoms with Gasteiger partial charge in [-0.15, -0.1) is 0 Å². The molecule has 2 rings (SSSR count). The number of unbranched alkanes of at least 4 members (excludes halogenated alkanes) is 1. The number of nitrogens with zero attached hydrogens (tertiary/aromatic N) is 3. The zero-order valence-corrected chi connectivity index (χ0v) is 12.4. The van der Waals surface area contributed by atoms with E-state index >= 15 is 0 Å². The van der Waals surface area contributed by atoms with Gasteiger partial charge >= 0.3 is 5.97 Å². The molecule has 0 amide bonds. The summed E-state index contributed by atoms with van der Waals surface area (Å²) in [4.78, 5) is 16.5. The number of esters is 1. The van der Waals surface area contributed by atoms with E-state index in [0.717, 1.165) is 19.4 Å². The number of aryl methyl sites for hydroxylation is 2. The molecule has 6 nitrogen and oxygen atoms in total. The zero-order valence-electron chi connectivity index (χ0n) is 12.4. The predicted molar refractivity (Wildman–Crippen MR) is 82.1 cm³/mol. The Morgan fingerprint density at radius 1 is 1.57 bits per heavy atom. The highest BCUT2D eigenvalue weighted by Crippen LogP contribution is 2.26. The van der Waals surface area contributed by atoms with Crippen LogP contribution < -0.4 is 5.73 Å². The third-order valence-corrected chi connectivity index (χ3v) is 3.27. The van der Waals surface area contributed by atoms with Crippen LogP contribution in [0.2, 0.25) is 0 Å². The van der Waals surface area contributed by atoms with E-state index < -0.39 is 5.97 Å². The molecule has 0 atom stereocenters. The van der Waals surface area contributed by atoms with Crippen LogP contribution in [-0.4, -0.2) is 27.3 Å². The van der Waals surface area contributed by atoms with Crippen LogP contribution in [0.25, 0.3) is 11.0 Å². The normalized spacial score (nSPS) is 10.8. The Labute approximate surface area is 123 Å². The van der Waals surface area contributed by atoms with Crippen molar-refractivity contribution in [3.63, 3.8) is 0 Å². The largest absolute Gasteiger partial charge is 0.458 e. The van der Waals surface area contributed by atoms with E-state index in [9.17, 15) is 4.79 Å². The first-order valence-electron chi connectivity index (χ1n) is 6.99. The molecule has 2 aromatic heterocycles. The standard InChI is InChI=1S/C15H20N4O2/c1-4-6-7-19-14-11(9-17-19)13(16)12(10(3)18-14)15(20)21-8-5-2/h5,9H,2,4,6-8H2,1,3H3,(H2,16,18). The van der Waals surface area contributed by atoms with E-state index in [1.54, 1.807) is 13.1 Å². The second kappa shape index (κ2) is 6.39. The van der Waals surface area contributed by atoms with Gasteiger partial charge in [0.05, 0.1) is 23.0 Å². The summed E-state index contributed by atoms with van der Waals surface area (Å²) >= 11 is 0. The molecule has 0 aliphatic heterocycles. The molecule has 0 aromatic carbocycles. The summed E-state index contributed by atoms with van der Waals surface area (Å²) in [5, 5.41) is 4.99. The van der Waals surface area contributed by atoms with E-state index in [4.69, 9.17) is 10.5 Å². The number of ether oxygens (including phenoxy) is 1. The second-order valence-corrected chi connectivity index (χ2v) is 4.83. The van der Waals surface area contributed by atoms with Gasteiger partial charge in [0, 0.05) is 6.54 Å². The minimum Gasteiger partial charge on any atom is -0.458 e. The van der Waals surface area contributed by atoms with Crippen LogP contribution in [-0.2, 0) is 11.3 Å². The second-order valence-electron chi connectivity index (χ2n) is 4.83. The van der Waals surface area contributed by atoms with Crippen molar-refractivity contribution in [3.8, 4) is 0 Å². The maximum absolute atomic E-state index is 12.1. The number of nitrogen functional groups attached to an aromatic ring is 1. The number of aromatic nitrogens is 3. The fraction of sp³-hybridized carbons (Fsp3) is 0.400. The average molecular weight is 288 g/mol.